The number of hydrogen-bond acceptors (Lipinski definition) is 2. The Morgan fingerprint density at radius 2 is 2.05 bits per heavy atom. The molecule has 0 atom stereocenters. The SMILES string of the molecule is CCN(Cc1ccc(Br)s1)C(=O)c1cc(I)ccc1Br. The standard InChI is InChI=1S/C14H12Br2INOS/c1-2-18(8-10-4-6-13(16)20-10)14(19)11-7-9(17)3-5-12(11)15/h3-7H,2,8H2,1H3. The summed E-state index contributed by atoms with van der Waals surface area (Å²) in [5, 5.41) is 0. The molecule has 0 aliphatic rings. The van der Waals surface area contributed by atoms with E-state index in [0.29, 0.717) is 13.1 Å². The van der Waals surface area contributed by atoms with Gasteiger partial charge in [-0.3, -0.25) is 4.79 Å². The van der Waals surface area contributed by atoms with Gasteiger partial charge in [0, 0.05) is 19.5 Å². The maximum atomic E-state index is 12.6. The van der Waals surface area contributed by atoms with Gasteiger partial charge in [-0.05, 0) is 91.7 Å². The first-order chi connectivity index (χ1) is 9.51. The molecular formula is C14H12Br2INOS. The molecule has 0 radical (unpaired) electrons. The molecule has 20 heavy (non-hydrogen) atoms. The second-order valence-electron chi connectivity index (χ2n) is 4.15. The largest absolute Gasteiger partial charge is 0.334 e. The van der Waals surface area contributed by atoms with Crippen molar-refractivity contribution in [2.24, 2.45) is 0 Å². The summed E-state index contributed by atoms with van der Waals surface area (Å²) in [6, 6.07) is 9.88. The zero-order valence-corrected chi connectivity index (χ0v) is 16.8. The third kappa shape index (κ3) is 4.05. The Hall–Kier alpha value is 0.0800. The van der Waals surface area contributed by atoms with Gasteiger partial charge in [0.1, 0.15) is 0 Å². The maximum Gasteiger partial charge on any atom is 0.255 e. The molecule has 0 aliphatic heterocycles. The molecule has 0 spiro atoms. The highest BCUT2D eigenvalue weighted by Crippen LogP contribution is 2.25. The van der Waals surface area contributed by atoms with Gasteiger partial charge >= 0.3 is 0 Å². The van der Waals surface area contributed by atoms with Crippen LogP contribution in [0.15, 0.2) is 38.6 Å². The first kappa shape index (κ1) is 16.5. The van der Waals surface area contributed by atoms with Crippen molar-refractivity contribution in [2.45, 2.75) is 13.5 Å². The fourth-order valence-corrected chi connectivity index (χ4v) is 4.19. The van der Waals surface area contributed by atoms with E-state index in [1.807, 2.05) is 36.1 Å². The van der Waals surface area contributed by atoms with Crippen LogP contribution >= 0.6 is 65.8 Å². The third-order valence-electron chi connectivity index (χ3n) is 2.80. The molecule has 1 heterocycles. The Labute approximate surface area is 153 Å². The summed E-state index contributed by atoms with van der Waals surface area (Å²) in [4.78, 5) is 15.7. The zero-order chi connectivity index (χ0) is 14.7. The minimum absolute atomic E-state index is 0.0578. The molecule has 0 saturated carbocycles. The van der Waals surface area contributed by atoms with E-state index in [1.165, 1.54) is 4.88 Å². The summed E-state index contributed by atoms with van der Waals surface area (Å²) in [6.45, 7) is 3.33. The highest BCUT2D eigenvalue weighted by atomic mass is 127. The number of benzene rings is 1. The van der Waals surface area contributed by atoms with Gasteiger partial charge in [-0.25, -0.2) is 0 Å². The van der Waals surface area contributed by atoms with Gasteiger partial charge in [0.05, 0.1) is 15.9 Å². The topological polar surface area (TPSA) is 20.3 Å². The van der Waals surface area contributed by atoms with Gasteiger partial charge in [0.2, 0.25) is 0 Å². The van der Waals surface area contributed by atoms with Crippen LogP contribution in [0.25, 0.3) is 0 Å². The van der Waals surface area contributed by atoms with Crippen molar-refractivity contribution in [1.82, 2.24) is 4.90 Å². The molecular weight excluding hydrogens is 517 g/mol. The van der Waals surface area contributed by atoms with Crippen LogP contribution in [0.5, 0.6) is 0 Å². The van der Waals surface area contributed by atoms with Crippen molar-refractivity contribution in [2.75, 3.05) is 6.54 Å². The molecule has 2 nitrogen and oxygen atoms in total. The first-order valence-electron chi connectivity index (χ1n) is 5.99. The van der Waals surface area contributed by atoms with Gasteiger partial charge in [0.25, 0.3) is 5.91 Å². The van der Waals surface area contributed by atoms with Crippen molar-refractivity contribution in [1.29, 1.82) is 0 Å². The molecule has 2 rings (SSSR count). The lowest BCUT2D eigenvalue weighted by Crippen LogP contribution is -2.30. The fourth-order valence-electron chi connectivity index (χ4n) is 1.78. The van der Waals surface area contributed by atoms with E-state index in [-0.39, 0.29) is 5.91 Å². The fraction of sp³-hybridized carbons (Fsp3) is 0.214. The van der Waals surface area contributed by atoms with Crippen LogP contribution in [0, 0.1) is 3.57 Å². The molecule has 0 aliphatic carbocycles. The molecule has 1 aromatic carbocycles. The molecule has 1 aromatic heterocycles. The zero-order valence-electron chi connectivity index (χ0n) is 10.7. The monoisotopic (exact) mass is 527 g/mol. The van der Waals surface area contributed by atoms with Crippen LogP contribution in [0.1, 0.15) is 22.2 Å². The second kappa shape index (κ2) is 7.38. The Balaban J connectivity index is 2.22. The molecule has 0 saturated heterocycles. The summed E-state index contributed by atoms with van der Waals surface area (Å²) in [7, 11) is 0. The third-order valence-corrected chi connectivity index (χ3v) is 5.77. The number of amides is 1. The molecule has 106 valence electrons. The average Bonchev–Trinajstić information content (AvgIpc) is 2.83. The minimum atomic E-state index is 0.0578. The van der Waals surface area contributed by atoms with Crippen molar-refractivity contribution in [3.8, 4) is 0 Å². The van der Waals surface area contributed by atoms with E-state index >= 15 is 0 Å². The normalized spacial score (nSPS) is 10.6. The van der Waals surface area contributed by atoms with Gasteiger partial charge < -0.3 is 4.90 Å². The molecule has 6 heteroatoms. The average molecular weight is 529 g/mol. The maximum absolute atomic E-state index is 12.6. The van der Waals surface area contributed by atoms with Crippen molar-refractivity contribution < 1.29 is 4.79 Å². The van der Waals surface area contributed by atoms with Crippen LogP contribution in [0.4, 0.5) is 0 Å². The van der Waals surface area contributed by atoms with Crippen LogP contribution in [0.2, 0.25) is 0 Å². The number of nitrogens with zero attached hydrogens (tertiary/aromatic N) is 1. The van der Waals surface area contributed by atoms with E-state index in [1.54, 1.807) is 11.3 Å². The van der Waals surface area contributed by atoms with Crippen molar-refractivity contribution in [3.63, 3.8) is 0 Å². The summed E-state index contributed by atoms with van der Waals surface area (Å²) in [5.41, 5.74) is 0.717. The van der Waals surface area contributed by atoms with Gasteiger partial charge in [-0.2, -0.15) is 0 Å². The minimum Gasteiger partial charge on any atom is -0.334 e. The predicted molar refractivity (Wildman–Crippen MR) is 99.3 cm³/mol. The van der Waals surface area contributed by atoms with E-state index in [4.69, 9.17) is 0 Å². The Morgan fingerprint density at radius 1 is 1.30 bits per heavy atom. The molecule has 0 N–H and O–H groups in total. The summed E-state index contributed by atoms with van der Waals surface area (Å²) in [5.74, 6) is 0.0578. The van der Waals surface area contributed by atoms with Gasteiger partial charge in [0.15, 0.2) is 0 Å². The number of rotatable bonds is 4. The smallest absolute Gasteiger partial charge is 0.255 e. The van der Waals surface area contributed by atoms with E-state index in [9.17, 15) is 4.79 Å². The molecule has 2 aromatic rings. The lowest BCUT2D eigenvalue weighted by Gasteiger charge is -2.21. The first-order valence-corrected chi connectivity index (χ1v) is 9.48. The van der Waals surface area contributed by atoms with Crippen molar-refractivity contribution >= 4 is 71.7 Å². The molecule has 1 amide bonds. The van der Waals surface area contributed by atoms with Crippen LogP contribution in [0.3, 0.4) is 0 Å². The van der Waals surface area contributed by atoms with Gasteiger partial charge in [-0.1, -0.05) is 0 Å². The van der Waals surface area contributed by atoms with E-state index in [0.717, 1.165) is 17.4 Å². The molecule has 0 bridgehead atoms. The highest BCUT2D eigenvalue weighted by molar-refractivity contribution is 14.1. The Morgan fingerprint density at radius 3 is 2.65 bits per heavy atom. The summed E-state index contributed by atoms with van der Waals surface area (Å²) >= 11 is 10.8. The number of carbonyl (C=O) groups excluding carboxylic acids is 1. The Kier molecular flexibility index (Phi) is 6.07. The van der Waals surface area contributed by atoms with Crippen LogP contribution < -0.4 is 0 Å². The van der Waals surface area contributed by atoms with E-state index < -0.39 is 0 Å². The highest BCUT2D eigenvalue weighted by Gasteiger charge is 2.18. The number of halogens is 3. The van der Waals surface area contributed by atoms with Crippen molar-refractivity contribution in [3.05, 3.63) is 52.6 Å². The number of thiophene rings is 1. The quantitative estimate of drug-likeness (QED) is 0.477. The van der Waals surface area contributed by atoms with Crippen LogP contribution in [-0.4, -0.2) is 17.4 Å². The lowest BCUT2D eigenvalue weighted by molar-refractivity contribution is 0.0753. The predicted octanol–water partition coefficient (Wildman–Crippen LogP) is 5.54. The van der Waals surface area contributed by atoms with Crippen LogP contribution in [-0.2, 0) is 6.54 Å². The number of carbonyl (C=O) groups is 1. The summed E-state index contributed by atoms with van der Waals surface area (Å²) in [6.07, 6.45) is 0. The molecule has 0 fully saturated rings. The Bertz CT molecular complexity index is 629. The summed E-state index contributed by atoms with van der Waals surface area (Å²) < 4.78 is 2.99. The second-order valence-corrected chi connectivity index (χ2v) is 8.80. The number of hydrogen-bond donors (Lipinski definition) is 0. The van der Waals surface area contributed by atoms with Gasteiger partial charge in [-0.15, -0.1) is 11.3 Å². The van der Waals surface area contributed by atoms with E-state index in [2.05, 4.69) is 60.5 Å². The lowest BCUT2D eigenvalue weighted by atomic mass is 10.2. The molecule has 0 unspecified atom stereocenters.